The van der Waals surface area contributed by atoms with Crippen LogP contribution in [0.1, 0.15) is 70.7 Å². The molecule has 0 radical (unpaired) electrons. The van der Waals surface area contributed by atoms with E-state index in [0.717, 1.165) is 74.8 Å². The molecule has 0 spiro atoms. The van der Waals surface area contributed by atoms with Crippen LogP contribution in [0.2, 0.25) is 0 Å². The maximum absolute atomic E-state index is 13.9. The number of carbonyl (C=O) groups is 1. The van der Waals surface area contributed by atoms with Crippen LogP contribution >= 0.6 is 0 Å². The average molecular weight is 637 g/mol. The number of anilines is 4. The van der Waals surface area contributed by atoms with E-state index in [-0.39, 0.29) is 5.56 Å². The first kappa shape index (κ1) is 31.7. The molecule has 1 aromatic carbocycles. The maximum atomic E-state index is 13.9. The lowest BCUT2D eigenvalue weighted by molar-refractivity contribution is 0.102. The van der Waals surface area contributed by atoms with Gasteiger partial charge >= 0.3 is 0 Å². The summed E-state index contributed by atoms with van der Waals surface area (Å²) in [7, 11) is 0. The average Bonchev–Trinajstić information content (AvgIpc) is 3.73. The molecule has 0 bridgehead atoms. The Morgan fingerprint density at radius 3 is 1.83 bits per heavy atom. The van der Waals surface area contributed by atoms with Crippen LogP contribution in [0.4, 0.5) is 27.4 Å². The van der Waals surface area contributed by atoms with Crippen molar-refractivity contribution in [1.82, 2.24) is 29.9 Å². The summed E-state index contributed by atoms with van der Waals surface area (Å²) >= 11 is 0. The minimum absolute atomic E-state index is 0.0185. The molecule has 47 heavy (non-hydrogen) atoms. The molecule has 5 aromatic rings. The predicted octanol–water partition coefficient (Wildman–Crippen LogP) is 5.97. The fourth-order valence-electron chi connectivity index (χ4n) is 6.55. The van der Waals surface area contributed by atoms with Gasteiger partial charge in [-0.2, -0.15) is 0 Å². The second kappa shape index (κ2) is 14.4. The number of hydrogen-bond donors (Lipinski definition) is 4. The molecule has 244 valence electrons. The van der Waals surface area contributed by atoms with Gasteiger partial charge in [0.15, 0.2) is 11.6 Å². The summed E-state index contributed by atoms with van der Waals surface area (Å²) in [6.45, 7) is 7.73. The Hall–Kier alpha value is -5.26. The highest BCUT2D eigenvalue weighted by Gasteiger charge is 2.27. The third-order valence-electron chi connectivity index (χ3n) is 9.07. The van der Waals surface area contributed by atoms with Crippen molar-refractivity contribution in [2.24, 2.45) is 0 Å². The van der Waals surface area contributed by atoms with Crippen molar-refractivity contribution in [3.8, 4) is 0 Å². The Morgan fingerprint density at radius 1 is 0.766 bits per heavy atom. The zero-order valence-electron chi connectivity index (χ0n) is 26.8. The normalized spacial score (nSPS) is 15.6. The Bertz CT molecular complexity index is 1790. The maximum Gasteiger partial charge on any atom is 0.258 e. The molecule has 2 aliphatic heterocycles. The number of carbonyl (C=O) groups excluding carboxylic acids is 1. The highest BCUT2D eigenvalue weighted by molar-refractivity contribution is 6.05. The molecular weight excluding hydrogens is 595 g/mol. The number of nitrogen functional groups attached to an aromatic ring is 1. The second-order valence-corrected chi connectivity index (χ2v) is 12.1. The van der Waals surface area contributed by atoms with Crippen molar-refractivity contribution >= 4 is 28.9 Å². The van der Waals surface area contributed by atoms with Gasteiger partial charge in [-0.1, -0.05) is 12.1 Å². The van der Waals surface area contributed by atoms with Gasteiger partial charge in [-0.15, -0.1) is 0 Å². The highest BCUT2D eigenvalue weighted by Crippen LogP contribution is 2.33. The minimum atomic E-state index is -0.541. The van der Waals surface area contributed by atoms with Crippen molar-refractivity contribution < 1.29 is 9.18 Å². The first-order valence-electron chi connectivity index (χ1n) is 16.1. The van der Waals surface area contributed by atoms with Gasteiger partial charge in [-0.25, -0.2) is 24.3 Å². The molecule has 2 fully saturated rings. The number of halogens is 1. The number of nitrogens with two attached hydrogens (primary N) is 1. The fourth-order valence-corrected chi connectivity index (χ4v) is 6.55. The molecule has 12 heteroatoms. The molecule has 0 saturated carbocycles. The lowest BCUT2D eigenvalue weighted by Crippen LogP contribution is -2.34. The number of aromatic amines is 2. The topological polar surface area (TPSA) is 145 Å². The van der Waals surface area contributed by atoms with E-state index < -0.39 is 11.7 Å². The number of rotatable bonds is 6. The number of nitrogens with one attached hydrogen (secondary N) is 3. The molecule has 4 aromatic heterocycles. The molecule has 0 atom stereocenters. The molecule has 11 nitrogen and oxygen atoms in total. The van der Waals surface area contributed by atoms with Gasteiger partial charge in [0.25, 0.3) is 5.91 Å². The molecule has 5 N–H and O–H groups in total. The zero-order valence-corrected chi connectivity index (χ0v) is 26.8. The van der Waals surface area contributed by atoms with Gasteiger partial charge in [-0.3, -0.25) is 4.79 Å². The summed E-state index contributed by atoms with van der Waals surface area (Å²) in [5.74, 6) is 1.58. The summed E-state index contributed by atoms with van der Waals surface area (Å²) in [5.41, 5.74) is 12.0. The lowest BCUT2D eigenvalue weighted by atomic mass is 9.92. The van der Waals surface area contributed by atoms with Crippen molar-refractivity contribution in [1.29, 1.82) is 0 Å². The van der Waals surface area contributed by atoms with Crippen molar-refractivity contribution in [3.63, 3.8) is 0 Å². The molecule has 6 heterocycles. The molecular formula is C35H41FN10O. The first-order chi connectivity index (χ1) is 22.9. The van der Waals surface area contributed by atoms with Crippen molar-refractivity contribution in [3.05, 3.63) is 108 Å². The molecule has 2 saturated heterocycles. The number of aromatic nitrogens is 6. The number of piperidine rings is 2. The van der Waals surface area contributed by atoms with Crippen LogP contribution in [0, 0.1) is 19.7 Å². The lowest BCUT2D eigenvalue weighted by Gasteiger charge is -2.33. The number of pyridine rings is 2. The number of H-pyrrole nitrogens is 2. The third kappa shape index (κ3) is 7.26. The van der Waals surface area contributed by atoms with Gasteiger partial charge in [0.2, 0.25) is 0 Å². The van der Waals surface area contributed by atoms with E-state index in [2.05, 4.69) is 51.9 Å². The fraction of sp³-hybridized carbons (Fsp3) is 0.343. The summed E-state index contributed by atoms with van der Waals surface area (Å²) in [6, 6.07) is 13.3. The smallest absolute Gasteiger partial charge is 0.258 e. The minimum Gasteiger partial charge on any atom is -0.396 e. The summed E-state index contributed by atoms with van der Waals surface area (Å²) < 4.78 is 13.9. The standard InChI is InChI=1S/C21H22FN5O.C14H19N5/c1-14-19(25-13-24-14)15-8-11-27(12-9-15)20-18(7-4-10-23-20)26-21(28)16-5-2-3-6-17(16)22;1-10-13(18-9-17-10)11-4-7-19(8-5-11)14-12(15)3-2-6-16-14/h2-7,10,13,15H,8-9,11-12H2,1H3,(H,24,25)(H,26,28);2-3,6,9,11H,4-5,7-8,15H2,1H3,(H,17,18). The number of aryl methyl sites for hydroxylation is 2. The molecule has 1 amide bonds. The van der Waals surface area contributed by atoms with Crippen LogP contribution in [-0.2, 0) is 0 Å². The zero-order chi connectivity index (χ0) is 32.8. The van der Waals surface area contributed by atoms with Crippen LogP contribution in [0.15, 0.2) is 73.6 Å². The van der Waals surface area contributed by atoms with Gasteiger partial charge in [0.05, 0.1) is 41.0 Å². The van der Waals surface area contributed by atoms with E-state index in [1.807, 2.05) is 19.1 Å². The number of amides is 1. The van der Waals surface area contributed by atoms with Gasteiger partial charge in [0, 0.05) is 61.8 Å². The van der Waals surface area contributed by atoms with E-state index in [9.17, 15) is 9.18 Å². The Kier molecular flexibility index (Phi) is 9.75. The van der Waals surface area contributed by atoms with E-state index in [1.165, 1.54) is 23.5 Å². The highest BCUT2D eigenvalue weighted by atomic mass is 19.1. The van der Waals surface area contributed by atoms with E-state index in [4.69, 9.17) is 5.73 Å². The Morgan fingerprint density at radius 2 is 1.30 bits per heavy atom. The first-order valence-corrected chi connectivity index (χ1v) is 16.1. The summed E-state index contributed by atoms with van der Waals surface area (Å²) in [4.78, 5) is 41.0. The monoisotopic (exact) mass is 636 g/mol. The Balaban J connectivity index is 0.000000177. The van der Waals surface area contributed by atoms with Gasteiger partial charge < -0.3 is 30.8 Å². The number of imidazole rings is 2. The number of nitrogens with zero attached hydrogens (tertiary/aromatic N) is 6. The largest absolute Gasteiger partial charge is 0.396 e. The summed E-state index contributed by atoms with van der Waals surface area (Å²) in [5, 5.41) is 2.81. The second-order valence-electron chi connectivity index (χ2n) is 12.1. The van der Waals surface area contributed by atoms with Gasteiger partial charge in [0.1, 0.15) is 5.82 Å². The number of benzene rings is 1. The van der Waals surface area contributed by atoms with Gasteiger partial charge in [-0.05, 0) is 75.9 Å². The van der Waals surface area contributed by atoms with E-state index >= 15 is 0 Å². The predicted molar refractivity (Wildman–Crippen MR) is 182 cm³/mol. The molecule has 0 unspecified atom stereocenters. The summed E-state index contributed by atoms with van der Waals surface area (Å²) in [6.07, 6.45) is 11.2. The van der Waals surface area contributed by atoms with E-state index in [1.54, 1.807) is 49.3 Å². The molecule has 0 aliphatic carbocycles. The van der Waals surface area contributed by atoms with Crippen LogP contribution in [0.3, 0.4) is 0 Å². The van der Waals surface area contributed by atoms with Crippen LogP contribution < -0.4 is 20.9 Å². The van der Waals surface area contributed by atoms with Crippen molar-refractivity contribution in [2.75, 3.05) is 47.0 Å². The van der Waals surface area contributed by atoms with Crippen LogP contribution in [0.25, 0.3) is 0 Å². The van der Waals surface area contributed by atoms with Crippen LogP contribution in [-0.4, -0.2) is 62.0 Å². The molecule has 7 rings (SSSR count). The van der Waals surface area contributed by atoms with Crippen LogP contribution in [0.5, 0.6) is 0 Å². The molecule has 2 aliphatic rings. The van der Waals surface area contributed by atoms with E-state index in [0.29, 0.717) is 23.3 Å². The third-order valence-corrected chi connectivity index (χ3v) is 9.07. The Labute approximate surface area is 273 Å². The SMILES string of the molecule is Cc1[nH]cnc1C1CCN(c2ncccc2N)CC1.Cc1[nH]cnc1C1CCN(c2ncccc2NC(=O)c2ccccc2F)CC1. The quantitative estimate of drug-likeness (QED) is 0.179. The van der Waals surface area contributed by atoms with Crippen molar-refractivity contribution in [2.45, 2.75) is 51.4 Å². The number of hydrogen-bond acceptors (Lipinski definition) is 8.